The highest BCUT2D eigenvalue weighted by molar-refractivity contribution is 6.08. The zero-order valence-electron chi connectivity index (χ0n) is 17.3. The van der Waals surface area contributed by atoms with Crippen LogP contribution in [0.4, 0.5) is 18.9 Å². The van der Waals surface area contributed by atoms with Crippen LogP contribution in [0.15, 0.2) is 53.5 Å². The monoisotopic (exact) mass is 440 g/mol. The lowest BCUT2D eigenvalue weighted by molar-refractivity contribution is 0.0910. The molecule has 1 aliphatic carbocycles. The van der Waals surface area contributed by atoms with Gasteiger partial charge in [-0.15, -0.1) is 0 Å². The minimum absolute atomic E-state index is 0.206. The Balaban J connectivity index is 1.91. The fourth-order valence-corrected chi connectivity index (χ4v) is 3.95. The molecule has 2 aromatic carbocycles. The Morgan fingerprint density at radius 3 is 2.28 bits per heavy atom. The van der Waals surface area contributed by atoms with Crippen molar-refractivity contribution in [3.05, 3.63) is 93.2 Å². The van der Waals surface area contributed by atoms with Crippen molar-refractivity contribution in [3.8, 4) is 5.69 Å². The van der Waals surface area contributed by atoms with E-state index >= 15 is 0 Å². The zero-order valence-corrected chi connectivity index (χ0v) is 17.3. The minimum Gasteiger partial charge on any atom is -0.319 e. The summed E-state index contributed by atoms with van der Waals surface area (Å²) in [7, 11) is 0. The van der Waals surface area contributed by atoms with E-state index < -0.39 is 34.3 Å². The van der Waals surface area contributed by atoms with E-state index in [1.54, 1.807) is 0 Å². The summed E-state index contributed by atoms with van der Waals surface area (Å²) in [6, 6.07) is 7.64. The number of amides is 1. The van der Waals surface area contributed by atoms with Gasteiger partial charge in [0.1, 0.15) is 23.0 Å². The van der Waals surface area contributed by atoms with E-state index in [2.05, 4.69) is 5.32 Å². The second kappa shape index (κ2) is 7.78. The second-order valence-corrected chi connectivity index (χ2v) is 8.57. The molecule has 0 fully saturated rings. The molecule has 4 rings (SSSR count). The first-order valence-corrected chi connectivity index (χ1v) is 9.90. The van der Waals surface area contributed by atoms with Crippen molar-refractivity contribution in [2.45, 2.75) is 26.7 Å². The molecule has 8 heteroatoms. The van der Waals surface area contributed by atoms with Gasteiger partial charge in [0.05, 0.1) is 5.69 Å². The second-order valence-electron chi connectivity index (χ2n) is 8.57. The maximum atomic E-state index is 14.1. The summed E-state index contributed by atoms with van der Waals surface area (Å²) in [5.41, 5.74) is -1.10. The number of aromatic nitrogens is 1. The molecule has 1 aliphatic rings. The van der Waals surface area contributed by atoms with Gasteiger partial charge in [-0.25, -0.2) is 13.2 Å². The first-order valence-electron chi connectivity index (χ1n) is 9.90. The largest absolute Gasteiger partial charge is 0.319 e. The van der Waals surface area contributed by atoms with E-state index in [0.717, 1.165) is 28.8 Å². The maximum absolute atomic E-state index is 14.1. The maximum Gasteiger partial charge on any atom is 0.268 e. The molecule has 0 saturated heterocycles. The van der Waals surface area contributed by atoms with Crippen molar-refractivity contribution in [2.24, 2.45) is 5.41 Å². The van der Waals surface area contributed by atoms with E-state index in [9.17, 15) is 27.6 Å². The standard InChI is InChI=1S/C24H19F3N2O3/c1-24(2)10-16-17(20(30)11-24)12-29(15-6-3-13(25)4-7-15)23(32)21(16)22(31)28-19-8-5-14(26)9-18(19)27/h3-9,12H,10-11H2,1-2H3,(H,28,31). The minimum atomic E-state index is -1.00. The topological polar surface area (TPSA) is 68.2 Å². The molecule has 164 valence electrons. The highest BCUT2D eigenvalue weighted by Gasteiger charge is 2.36. The molecule has 0 unspecified atom stereocenters. The molecule has 3 aromatic rings. The normalized spacial score (nSPS) is 14.7. The molecule has 1 amide bonds. The van der Waals surface area contributed by atoms with Crippen molar-refractivity contribution < 1.29 is 22.8 Å². The molecule has 0 bridgehead atoms. The van der Waals surface area contributed by atoms with E-state index in [4.69, 9.17) is 0 Å². The number of carbonyl (C=O) groups excluding carboxylic acids is 2. The summed E-state index contributed by atoms with van der Waals surface area (Å²) in [4.78, 5) is 39.4. The van der Waals surface area contributed by atoms with Crippen LogP contribution in [0.3, 0.4) is 0 Å². The number of fused-ring (bicyclic) bond motifs is 1. The summed E-state index contributed by atoms with van der Waals surface area (Å²) in [6.07, 6.45) is 1.86. The van der Waals surface area contributed by atoms with Gasteiger partial charge in [-0.2, -0.15) is 0 Å². The van der Waals surface area contributed by atoms with Gasteiger partial charge >= 0.3 is 0 Å². The molecular formula is C24H19F3N2O3. The van der Waals surface area contributed by atoms with Crippen molar-refractivity contribution >= 4 is 17.4 Å². The van der Waals surface area contributed by atoms with Gasteiger partial charge in [-0.3, -0.25) is 19.0 Å². The average Bonchev–Trinajstić information content (AvgIpc) is 2.70. The van der Waals surface area contributed by atoms with Gasteiger partial charge in [0.25, 0.3) is 11.5 Å². The average molecular weight is 440 g/mol. The SMILES string of the molecule is CC1(C)CC(=O)c2cn(-c3ccc(F)cc3)c(=O)c(C(=O)Nc3ccc(F)cc3F)c2C1. The van der Waals surface area contributed by atoms with E-state index in [-0.39, 0.29) is 46.7 Å². The molecule has 1 aromatic heterocycles. The molecular weight excluding hydrogens is 421 g/mol. The van der Waals surface area contributed by atoms with E-state index in [1.165, 1.54) is 18.3 Å². The third-order valence-electron chi connectivity index (χ3n) is 5.42. The van der Waals surface area contributed by atoms with Crippen LogP contribution in [0.2, 0.25) is 0 Å². The smallest absolute Gasteiger partial charge is 0.268 e. The Morgan fingerprint density at radius 1 is 0.969 bits per heavy atom. The third kappa shape index (κ3) is 3.95. The van der Waals surface area contributed by atoms with Gasteiger partial charge < -0.3 is 5.32 Å². The highest BCUT2D eigenvalue weighted by Crippen LogP contribution is 2.36. The van der Waals surface area contributed by atoms with Crippen LogP contribution < -0.4 is 10.9 Å². The lowest BCUT2D eigenvalue weighted by Crippen LogP contribution is -2.37. The Hall–Kier alpha value is -3.68. The van der Waals surface area contributed by atoms with Gasteiger partial charge in [-0.1, -0.05) is 13.8 Å². The fourth-order valence-electron chi connectivity index (χ4n) is 3.95. The van der Waals surface area contributed by atoms with Crippen LogP contribution in [-0.4, -0.2) is 16.3 Å². The number of carbonyl (C=O) groups is 2. The molecule has 0 aliphatic heterocycles. The van der Waals surface area contributed by atoms with Crippen molar-refractivity contribution in [1.82, 2.24) is 4.57 Å². The number of nitrogens with one attached hydrogen (secondary N) is 1. The lowest BCUT2D eigenvalue weighted by atomic mass is 9.73. The highest BCUT2D eigenvalue weighted by atomic mass is 19.1. The van der Waals surface area contributed by atoms with Gasteiger partial charge in [-0.05, 0) is 53.8 Å². The molecule has 0 atom stereocenters. The number of anilines is 1. The van der Waals surface area contributed by atoms with Crippen molar-refractivity contribution in [1.29, 1.82) is 0 Å². The van der Waals surface area contributed by atoms with E-state index in [0.29, 0.717) is 6.07 Å². The molecule has 1 heterocycles. The summed E-state index contributed by atoms with van der Waals surface area (Å²) in [5, 5.41) is 2.31. The summed E-state index contributed by atoms with van der Waals surface area (Å²) in [6.45, 7) is 3.70. The summed E-state index contributed by atoms with van der Waals surface area (Å²) in [5.74, 6) is -3.49. The van der Waals surface area contributed by atoms with Crippen molar-refractivity contribution in [2.75, 3.05) is 5.32 Å². The number of pyridine rings is 1. The first kappa shape index (κ1) is 21.5. The Labute approximate surface area is 181 Å². The summed E-state index contributed by atoms with van der Waals surface area (Å²) >= 11 is 0. The van der Waals surface area contributed by atoms with Crippen molar-refractivity contribution in [3.63, 3.8) is 0 Å². The van der Waals surface area contributed by atoms with Gasteiger partial charge in [0.2, 0.25) is 0 Å². The number of hydrogen-bond donors (Lipinski definition) is 1. The zero-order chi connectivity index (χ0) is 23.2. The predicted molar refractivity (Wildman–Crippen MR) is 113 cm³/mol. The number of rotatable bonds is 3. The number of hydrogen-bond acceptors (Lipinski definition) is 3. The number of nitrogens with zero attached hydrogens (tertiary/aromatic N) is 1. The number of Topliss-reactive ketones (excluding diaryl/α,β-unsaturated/α-hetero) is 1. The molecule has 0 radical (unpaired) electrons. The summed E-state index contributed by atoms with van der Waals surface area (Å²) < 4.78 is 41.8. The molecule has 0 saturated carbocycles. The molecule has 0 spiro atoms. The van der Waals surface area contributed by atoms with Gasteiger partial charge in [0, 0.05) is 29.9 Å². The van der Waals surface area contributed by atoms with Crippen LogP contribution in [-0.2, 0) is 6.42 Å². The Kier molecular flexibility index (Phi) is 5.24. The first-order chi connectivity index (χ1) is 15.1. The lowest BCUT2D eigenvalue weighted by Gasteiger charge is -2.31. The molecule has 1 N–H and O–H groups in total. The van der Waals surface area contributed by atoms with Crippen LogP contribution in [0.1, 0.15) is 46.5 Å². The van der Waals surface area contributed by atoms with Crippen LogP contribution in [0.5, 0.6) is 0 Å². The number of benzene rings is 2. The van der Waals surface area contributed by atoms with Crippen LogP contribution in [0, 0.1) is 22.9 Å². The number of halogens is 3. The quantitative estimate of drug-likeness (QED) is 0.644. The van der Waals surface area contributed by atoms with Gasteiger partial charge in [0.15, 0.2) is 5.78 Å². The fraction of sp³-hybridized carbons (Fsp3) is 0.208. The predicted octanol–water partition coefficient (Wildman–Crippen LogP) is 4.66. The number of ketones is 1. The Morgan fingerprint density at radius 2 is 1.62 bits per heavy atom. The van der Waals surface area contributed by atoms with E-state index in [1.807, 2.05) is 13.8 Å². The molecule has 5 nitrogen and oxygen atoms in total. The van der Waals surface area contributed by atoms with Crippen LogP contribution >= 0.6 is 0 Å². The third-order valence-corrected chi connectivity index (χ3v) is 5.42. The Bertz CT molecular complexity index is 1310. The molecule has 32 heavy (non-hydrogen) atoms. The van der Waals surface area contributed by atoms with Crippen LogP contribution in [0.25, 0.3) is 5.69 Å².